The number of hydrogen-bond donors (Lipinski definition) is 0. The minimum atomic E-state index is -4.45. The van der Waals surface area contributed by atoms with E-state index in [-0.39, 0.29) is 28.7 Å². The van der Waals surface area contributed by atoms with E-state index in [0.29, 0.717) is 5.56 Å². The number of alkyl halides is 3. The number of nitrogens with zero attached hydrogens (tertiary/aromatic N) is 1. The summed E-state index contributed by atoms with van der Waals surface area (Å²) in [6.45, 7) is 0. The van der Waals surface area contributed by atoms with Gasteiger partial charge in [-0.15, -0.1) is 0 Å². The summed E-state index contributed by atoms with van der Waals surface area (Å²) in [4.78, 5) is 16.6. The lowest BCUT2D eigenvalue weighted by atomic mass is 10.1. The first-order valence-electron chi connectivity index (χ1n) is 9.66. The molecular weight excluding hydrogens is 419 g/mol. The van der Waals surface area contributed by atoms with Crippen LogP contribution in [0, 0.1) is 0 Å². The number of furan rings is 1. The number of ether oxygens (including phenoxy) is 1. The lowest BCUT2D eigenvalue weighted by Gasteiger charge is -2.07. The van der Waals surface area contributed by atoms with E-state index in [4.69, 9.17) is 9.15 Å². The quantitative estimate of drug-likeness (QED) is 0.275. The average Bonchev–Trinajstić information content (AvgIpc) is 3.40. The second-order valence-electron chi connectivity index (χ2n) is 7.18. The first-order valence-corrected chi connectivity index (χ1v) is 9.66. The van der Waals surface area contributed by atoms with E-state index in [9.17, 15) is 18.0 Å². The predicted molar refractivity (Wildman–Crippen MR) is 114 cm³/mol. The highest BCUT2D eigenvalue weighted by atomic mass is 19.4. The molecule has 0 radical (unpaired) electrons. The smallest absolute Gasteiger partial charge is 0.416 e. The van der Waals surface area contributed by atoms with Crippen molar-refractivity contribution in [1.82, 2.24) is 0 Å². The number of cyclic esters (lactones) is 1. The number of fused-ring (bicyclic) bond motifs is 1. The minimum Gasteiger partial charge on any atom is -0.457 e. The van der Waals surface area contributed by atoms with Gasteiger partial charge in [-0.3, -0.25) is 0 Å². The van der Waals surface area contributed by atoms with Gasteiger partial charge in [0.15, 0.2) is 5.70 Å². The summed E-state index contributed by atoms with van der Waals surface area (Å²) in [5.74, 6) is 0.0581. The van der Waals surface area contributed by atoms with E-state index < -0.39 is 17.7 Å². The molecule has 1 aliphatic heterocycles. The molecule has 32 heavy (non-hydrogen) atoms. The van der Waals surface area contributed by atoms with E-state index >= 15 is 0 Å². The third-order valence-corrected chi connectivity index (χ3v) is 5.00. The highest BCUT2D eigenvalue weighted by molar-refractivity contribution is 6.13. The maximum Gasteiger partial charge on any atom is 0.416 e. The molecule has 0 spiro atoms. The van der Waals surface area contributed by atoms with Crippen molar-refractivity contribution in [2.75, 3.05) is 0 Å². The van der Waals surface area contributed by atoms with Gasteiger partial charge in [-0.2, -0.15) is 13.2 Å². The Balaban J connectivity index is 1.43. The fraction of sp³-hybridized carbons (Fsp3) is 0.0400. The summed E-state index contributed by atoms with van der Waals surface area (Å²) in [5.41, 5.74) is 0.205. The van der Waals surface area contributed by atoms with Crippen molar-refractivity contribution >= 4 is 28.7 Å². The van der Waals surface area contributed by atoms with E-state index in [1.165, 1.54) is 24.3 Å². The van der Waals surface area contributed by atoms with Crippen molar-refractivity contribution in [1.29, 1.82) is 0 Å². The molecule has 0 N–H and O–H groups in total. The Hall–Kier alpha value is -4.13. The SMILES string of the molecule is O=C1OC(c2ccc3ccccc3c2)=NC1=Cc1ccc(-c2cccc(C(F)(F)F)c2)o1. The summed E-state index contributed by atoms with van der Waals surface area (Å²) in [7, 11) is 0. The summed E-state index contributed by atoms with van der Waals surface area (Å²) >= 11 is 0. The van der Waals surface area contributed by atoms with E-state index in [2.05, 4.69) is 4.99 Å². The molecule has 0 amide bonds. The van der Waals surface area contributed by atoms with Crippen molar-refractivity contribution in [2.24, 2.45) is 4.99 Å². The molecule has 5 rings (SSSR count). The van der Waals surface area contributed by atoms with Gasteiger partial charge < -0.3 is 9.15 Å². The number of carbonyl (C=O) groups excluding carboxylic acids is 1. The van der Waals surface area contributed by atoms with Gasteiger partial charge >= 0.3 is 12.1 Å². The number of aliphatic imine (C=N–C) groups is 1. The zero-order chi connectivity index (χ0) is 22.3. The van der Waals surface area contributed by atoms with Crippen LogP contribution in [-0.2, 0) is 15.7 Å². The van der Waals surface area contributed by atoms with Gasteiger partial charge in [-0.05, 0) is 47.2 Å². The van der Waals surface area contributed by atoms with Gasteiger partial charge in [0, 0.05) is 17.2 Å². The van der Waals surface area contributed by atoms with Crippen molar-refractivity contribution in [3.8, 4) is 11.3 Å². The Kier molecular flexibility index (Phi) is 4.66. The fourth-order valence-corrected chi connectivity index (χ4v) is 3.42. The van der Waals surface area contributed by atoms with Crippen molar-refractivity contribution in [3.63, 3.8) is 0 Å². The zero-order valence-electron chi connectivity index (χ0n) is 16.4. The van der Waals surface area contributed by atoms with Crippen LogP contribution in [0.1, 0.15) is 16.9 Å². The van der Waals surface area contributed by atoms with Crippen molar-refractivity contribution < 1.29 is 27.1 Å². The van der Waals surface area contributed by atoms with Crippen LogP contribution in [0.4, 0.5) is 13.2 Å². The average molecular weight is 433 g/mol. The molecule has 158 valence electrons. The summed E-state index contributed by atoms with van der Waals surface area (Å²) in [5, 5.41) is 2.03. The Labute approximate surface area is 180 Å². The Morgan fingerprint density at radius 2 is 1.62 bits per heavy atom. The van der Waals surface area contributed by atoms with Gasteiger partial charge in [-0.25, -0.2) is 9.79 Å². The highest BCUT2D eigenvalue weighted by Gasteiger charge is 2.30. The van der Waals surface area contributed by atoms with E-state index in [0.717, 1.165) is 22.9 Å². The normalized spacial score (nSPS) is 15.3. The van der Waals surface area contributed by atoms with Crippen LogP contribution in [0.15, 0.2) is 94.0 Å². The first kappa shape index (κ1) is 19.8. The molecule has 0 bridgehead atoms. The molecule has 4 aromatic rings. The van der Waals surface area contributed by atoms with Crippen LogP contribution < -0.4 is 0 Å². The summed E-state index contributed by atoms with van der Waals surface area (Å²) < 4.78 is 49.8. The minimum absolute atomic E-state index is 0.0399. The largest absolute Gasteiger partial charge is 0.457 e. The zero-order valence-corrected chi connectivity index (χ0v) is 16.4. The van der Waals surface area contributed by atoms with Crippen molar-refractivity contribution in [3.05, 3.63) is 101 Å². The molecule has 1 aromatic heterocycles. The maximum absolute atomic E-state index is 13.0. The first-order chi connectivity index (χ1) is 15.4. The maximum atomic E-state index is 13.0. The second kappa shape index (κ2) is 7.53. The molecule has 2 heterocycles. The number of benzene rings is 3. The molecule has 1 aliphatic rings. The predicted octanol–water partition coefficient (Wildman–Crippen LogP) is 6.46. The molecule has 7 heteroatoms. The number of hydrogen-bond acceptors (Lipinski definition) is 4. The van der Waals surface area contributed by atoms with Gasteiger partial charge in [-0.1, -0.05) is 42.5 Å². The molecule has 0 aliphatic carbocycles. The van der Waals surface area contributed by atoms with Gasteiger partial charge in [0.05, 0.1) is 5.56 Å². The molecule has 4 nitrogen and oxygen atoms in total. The molecule has 0 saturated carbocycles. The number of halogens is 3. The van der Waals surface area contributed by atoms with Gasteiger partial charge in [0.25, 0.3) is 0 Å². The second-order valence-corrected chi connectivity index (χ2v) is 7.18. The molecule has 3 aromatic carbocycles. The lowest BCUT2D eigenvalue weighted by molar-refractivity contribution is -0.137. The highest BCUT2D eigenvalue weighted by Crippen LogP contribution is 2.33. The fourth-order valence-electron chi connectivity index (χ4n) is 3.42. The van der Waals surface area contributed by atoms with Crippen LogP contribution in [0.2, 0.25) is 0 Å². The van der Waals surface area contributed by atoms with Gasteiger partial charge in [0.2, 0.25) is 5.90 Å². The van der Waals surface area contributed by atoms with E-state index in [1.54, 1.807) is 6.07 Å². The molecular formula is C25H14F3NO3. The third kappa shape index (κ3) is 3.80. The van der Waals surface area contributed by atoms with Crippen LogP contribution in [-0.4, -0.2) is 11.9 Å². The Morgan fingerprint density at radius 1 is 0.812 bits per heavy atom. The van der Waals surface area contributed by atoms with Crippen LogP contribution >= 0.6 is 0 Å². The Morgan fingerprint density at radius 3 is 2.44 bits per heavy atom. The standard InChI is InChI=1S/C25H14F3NO3/c26-25(27,28)19-7-3-6-17(13-19)22-11-10-20(31-22)14-21-24(30)32-23(29-21)18-9-8-15-4-1-2-5-16(15)12-18/h1-14H. The molecule has 0 saturated heterocycles. The number of rotatable bonds is 3. The topological polar surface area (TPSA) is 51.8 Å². The molecule has 0 fully saturated rings. The summed E-state index contributed by atoms with van der Waals surface area (Å²) in [6.07, 6.45) is -3.05. The van der Waals surface area contributed by atoms with E-state index in [1.807, 2.05) is 42.5 Å². The number of carbonyl (C=O) groups is 1. The van der Waals surface area contributed by atoms with Gasteiger partial charge in [0.1, 0.15) is 11.5 Å². The number of esters is 1. The van der Waals surface area contributed by atoms with Crippen LogP contribution in [0.5, 0.6) is 0 Å². The summed E-state index contributed by atoms with van der Waals surface area (Å²) in [6, 6.07) is 21.3. The molecule has 0 atom stereocenters. The lowest BCUT2D eigenvalue weighted by Crippen LogP contribution is -2.05. The van der Waals surface area contributed by atoms with Crippen LogP contribution in [0.3, 0.4) is 0 Å². The molecule has 0 unspecified atom stereocenters. The Bertz CT molecular complexity index is 1410. The van der Waals surface area contributed by atoms with Crippen molar-refractivity contribution in [2.45, 2.75) is 6.18 Å². The monoisotopic (exact) mass is 433 g/mol. The van der Waals surface area contributed by atoms with Crippen LogP contribution in [0.25, 0.3) is 28.2 Å². The third-order valence-electron chi connectivity index (χ3n) is 5.00.